The van der Waals surface area contributed by atoms with Gasteiger partial charge >= 0.3 is 5.97 Å². The van der Waals surface area contributed by atoms with Gasteiger partial charge in [-0.2, -0.15) is 4.98 Å². The number of hydrogen-bond acceptors (Lipinski definition) is 5. The van der Waals surface area contributed by atoms with E-state index in [1.807, 2.05) is 0 Å². The van der Waals surface area contributed by atoms with Crippen LogP contribution in [0.3, 0.4) is 0 Å². The highest BCUT2D eigenvalue weighted by atomic mass is 16.5. The van der Waals surface area contributed by atoms with Gasteiger partial charge in [-0.3, -0.25) is 0 Å². The lowest BCUT2D eigenvalue weighted by Gasteiger charge is -1.93. The summed E-state index contributed by atoms with van der Waals surface area (Å²) >= 11 is 0. The van der Waals surface area contributed by atoms with Crippen LogP contribution in [-0.2, 0) is 11.3 Å². The standard InChI is InChI=1S/C7H8N2O4/c10-7(11)6-8-5(13-9-6)3-12-4-1-2-4/h4H,1-3H2,(H,10,11). The zero-order valence-corrected chi connectivity index (χ0v) is 6.77. The average Bonchev–Trinajstić information content (AvgIpc) is 2.79. The molecule has 0 unspecified atom stereocenters. The number of carbonyl (C=O) groups is 1. The van der Waals surface area contributed by atoms with Crippen LogP contribution >= 0.6 is 0 Å². The smallest absolute Gasteiger partial charge is 0.377 e. The largest absolute Gasteiger partial charge is 0.475 e. The van der Waals surface area contributed by atoms with Crippen LogP contribution in [0.5, 0.6) is 0 Å². The first-order chi connectivity index (χ1) is 6.25. The average molecular weight is 184 g/mol. The second-order valence-electron chi connectivity index (χ2n) is 2.83. The van der Waals surface area contributed by atoms with E-state index in [1.54, 1.807) is 0 Å². The molecule has 1 aromatic heterocycles. The highest BCUT2D eigenvalue weighted by molar-refractivity contribution is 5.82. The molecule has 1 fully saturated rings. The Labute approximate surface area is 73.5 Å². The Hall–Kier alpha value is -1.43. The van der Waals surface area contributed by atoms with Crippen LogP contribution in [-0.4, -0.2) is 27.3 Å². The molecular weight excluding hydrogens is 176 g/mol. The van der Waals surface area contributed by atoms with Gasteiger partial charge in [0.2, 0.25) is 0 Å². The van der Waals surface area contributed by atoms with Crippen molar-refractivity contribution in [2.75, 3.05) is 0 Å². The van der Waals surface area contributed by atoms with E-state index in [-0.39, 0.29) is 18.3 Å². The molecule has 1 aliphatic carbocycles. The van der Waals surface area contributed by atoms with Gasteiger partial charge in [0.15, 0.2) is 0 Å². The number of hydrogen-bond donors (Lipinski definition) is 1. The third-order valence-corrected chi connectivity index (χ3v) is 1.63. The van der Waals surface area contributed by atoms with Crippen molar-refractivity contribution in [2.45, 2.75) is 25.6 Å². The molecule has 0 radical (unpaired) electrons. The summed E-state index contributed by atoms with van der Waals surface area (Å²) in [5, 5.41) is 11.7. The highest BCUT2D eigenvalue weighted by Crippen LogP contribution is 2.24. The van der Waals surface area contributed by atoms with E-state index in [0.29, 0.717) is 6.10 Å². The normalized spacial score (nSPS) is 16.0. The predicted octanol–water partition coefficient (Wildman–Crippen LogP) is 0.447. The molecule has 0 atom stereocenters. The Kier molecular flexibility index (Phi) is 1.97. The topological polar surface area (TPSA) is 85.5 Å². The molecular formula is C7H8N2O4. The second-order valence-corrected chi connectivity index (χ2v) is 2.83. The first-order valence-electron chi connectivity index (χ1n) is 3.93. The Morgan fingerprint density at radius 3 is 3.00 bits per heavy atom. The fourth-order valence-electron chi connectivity index (χ4n) is 0.824. The molecule has 13 heavy (non-hydrogen) atoms. The first kappa shape index (κ1) is 8.18. The summed E-state index contributed by atoms with van der Waals surface area (Å²) in [6.07, 6.45) is 2.40. The molecule has 70 valence electrons. The Bertz CT molecular complexity index is 318. The number of aromatic nitrogens is 2. The van der Waals surface area contributed by atoms with Crippen LogP contribution in [0.25, 0.3) is 0 Å². The number of aromatic carboxylic acids is 1. The fraction of sp³-hybridized carbons (Fsp3) is 0.571. The zero-order chi connectivity index (χ0) is 9.26. The Morgan fingerprint density at radius 1 is 1.69 bits per heavy atom. The number of carboxylic acid groups (broad SMARTS) is 1. The Balaban J connectivity index is 1.92. The van der Waals surface area contributed by atoms with E-state index in [0.717, 1.165) is 12.8 Å². The van der Waals surface area contributed by atoms with Crippen molar-refractivity contribution in [3.05, 3.63) is 11.7 Å². The third kappa shape index (κ3) is 2.03. The lowest BCUT2D eigenvalue weighted by molar-refractivity contribution is 0.0679. The molecule has 2 rings (SSSR count). The van der Waals surface area contributed by atoms with Crippen molar-refractivity contribution in [2.24, 2.45) is 0 Å². The maximum absolute atomic E-state index is 10.3. The van der Waals surface area contributed by atoms with E-state index in [2.05, 4.69) is 14.7 Å². The predicted molar refractivity (Wildman–Crippen MR) is 39.1 cm³/mol. The van der Waals surface area contributed by atoms with Crippen molar-refractivity contribution in [1.82, 2.24) is 10.1 Å². The summed E-state index contributed by atoms with van der Waals surface area (Å²) in [6, 6.07) is 0. The molecule has 1 aliphatic rings. The van der Waals surface area contributed by atoms with Crippen molar-refractivity contribution in [3.8, 4) is 0 Å². The number of rotatable bonds is 4. The Morgan fingerprint density at radius 2 is 2.46 bits per heavy atom. The maximum Gasteiger partial charge on any atom is 0.377 e. The number of carboxylic acids is 1. The molecule has 1 aromatic rings. The minimum atomic E-state index is -1.19. The minimum absolute atomic E-state index is 0.199. The first-order valence-corrected chi connectivity index (χ1v) is 3.93. The van der Waals surface area contributed by atoms with E-state index in [1.165, 1.54) is 0 Å². The van der Waals surface area contributed by atoms with Gasteiger partial charge in [0.05, 0.1) is 6.10 Å². The summed E-state index contributed by atoms with van der Waals surface area (Å²) in [7, 11) is 0. The lowest BCUT2D eigenvalue weighted by Crippen LogP contribution is -2.00. The maximum atomic E-state index is 10.3. The molecule has 0 aromatic carbocycles. The molecule has 1 heterocycles. The summed E-state index contributed by atoms with van der Waals surface area (Å²) < 4.78 is 9.88. The zero-order valence-electron chi connectivity index (χ0n) is 6.77. The number of nitrogens with zero attached hydrogens (tertiary/aromatic N) is 2. The lowest BCUT2D eigenvalue weighted by atomic mass is 10.6. The van der Waals surface area contributed by atoms with Crippen molar-refractivity contribution in [3.63, 3.8) is 0 Å². The van der Waals surface area contributed by atoms with Gasteiger partial charge < -0.3 is 14.4 Å². The number of ether oxygens (including phenoxy) is 1. The minimum Gasteiger partial charge on any atom is -0.475 e. The van der Waals surface area contributed by atoms with E-state index in [4.69, 9.17) is 9.84 Å². The molecule has 6 heteroatoms. The van der Waals surface area contributed by atoms with Crippen molar-refractivity contribution in [1.29, 1.82) is 0 Å². The van der Waals surface area contributed by atoms with Gasteiger partial charge in [0, 0.05) is 0 Å². The van der Waals surface area contributed by atoms with Crippen LogP contribution in [0.2, 0.25) is 0 Å². The van der Waals surface area contributed by atoms with Gasteiger partial charge in [-0.05, 0) is 18.0 Å². The molecule has 0 bridgehead atoms. The summed E-state index contributed by atoms with van der Waals surface area (Å²) in [5.41, 5.74) is 0. The van der Waals surface area contributed by atoms with Crippen LogP contribution in [0, 0.1) is 0 Å². The van der Waals surface area contributed by atoms with Crippen molar-refractivity contribution < 1.29 is 19.2 Å². The molecule has 1 N–H and O–H groups in total. The molecule has 0 amide bonds. The van der Waals surface area contributed by atoms with Crippen molar-refractivity contribution >= 4 is 5.97 Å². The molecule has 0 saturated heterocycles. The monoisotopic (exact) mass is 184 g/mol. The van der Waals surface area contributed by atoms with Crippen LogP contribution < -0.4 is 0 Å². The van der Waals surface area contributed by atoms with Crippen LogP contribution in [0.4, 0.5) is 0 Å². The van der Waals surface area contributed by atoms with E-state index < -0.39 is 5.97 Å². The second kappa shape index (κ2) is 3.14. The van der Waals surface area contributed by atoms with Gasteiger partial charge in [-0.15, -0.1) is 0 Å². The third-order valence-electron chi connectivity index (χ3n) is 1.63. The van der Waals surface area contributed by atoms with Gasteiger partial charge in [-0.25, -0.2) is 4.79 Å². The van der Waals surface area contributed by atoms with Gasteiger partial charge in [0.25, 0.3) is 11.7 Å². The molecule has 0 spiro atoms. The summed E-state index contributed by atoms with van der Waals surface area (Å²) in [4.78, 5) is 13.9. The molecule has 0 aliphatic heterocycles. The van der Waals surface area contributed by atoms with E-state index in [9.17, 15) is 4.79 Å². The summed E-state index contributed by atoms with van der Waals surface area (Å²) in [5.74, 6) is -1.31. The molecule has 6 nitrogen and oxygen atoms in total. The molecule has 1 saturated carbocycles. The van der Waals surface area contributed by atoms with Gasteiger partial charge in [0.1, 0.15) is 6.61 Å². The van der Waals surface area contributed by atoms with Crippen LogP contribution in [0.1, 0.15) is 29.4 Å². The van der Waals surface area contributed by atoms with Crippen LogP contribution in [0.15, 0.2) is 4.52 Å². The SMILES string of the molecule is O=C(O)c1noc(COC2CC2)n1. The summed E-state index contributed by atoms with van der Waals surface area (Å²) in [6.45, 7) is 0.199. The van der Waals surface area contributed by atoms with Gasteiger partial charge in [-0.1, -0.05) is 0 Å². The fourth-order valence-corrected chi connectivity index (χ4v) is 0.824. The highest BCUT2D eigenvalue weighted by Gasteiger charge is 2.23. The quantitative estimate of drug-likeness (QED) is 0.730. The van der Waals surface area contributed by atoms with E-state index >= 15 is 0 Å².